The van der Waals surface area contributed by atoms with E-state index in [1.807, 2.05) is 18.2 Å². The van der Waals surface area contributed by atoms with Crippen molar-refractivity contribution in [3.05, 3.63) is 53.2 Å². The zero-order valence-electron chi connectivity index (χ0n) is 9.50. The molecule has 0 spiro atoms. The van der Waals surface area contributed by atoms with Gasteiger partial charge in [-0.15, -0.1) is 11.3 Å². The molecule has 0 aliphatic rings. The molecule has 0 bridgehead atoms. The number of aryl methyl sites for hydroxylation is 2. The highest BCUT2D eigenvalue weighted by atomic mass is 127. The number of aliphatic hydroxyl groups is 1. The van der Waals surface area contributed by atoms with Crippen LogP contribution in [0.2, 0.25) is 0 Å². The van der Waals surface area contributed by atoms with Gasteiger partial charge in [0, 0.05) is 23.4 Å². The van der Waals surface area contributed by atoms with Gasteiger partial charge >= 0.3 is 0 Å². The maximum absolute atomic E-state index is 10.5. The topological polar surface area (TPSA) is 20.2 Å². The van der Waals surface area contributed by atoms with Crippen molar-refractivity contribution in [1.82, 2.24) is 0 Å². The standard InChI is InChI=1S/C13H12BrIOS/c1-7-5-10(8(2)17-7)13(16)11-6-9(15)3-4-12(11)14/h3-6,13,16H,1-2H3. The third-order valence-electron chi connectivity index (χ3n) is 2.63. The van der Waals surface area contributed by atoms with Crippen molar-refractivity contribution < 1.29 is 5.11 Å². The third-order valence-corrected chi connectivity index (χ3v) is 5.00. The monoisotopic (exact) mass is 422 g/mol. The summed E-state index contributed by atoms with van der Waals surface area (Å²) in [6, 6.07) is 8.08. The second-order valence-corrected chi connectivity index (χ2v) is 7.50. The average Bonchev–Trinajstić information content (AvgIpc) is 2.60. The van der Waals surface area contributed by atoms with E-state index in [9.17, 15) is 5.11 Å². The predicted molar refractivity (Wildman–Crippen MR) is 84.7 cm³/mol. The lowest BCUT2D eigenvalue weighted by molar-refractivity contribution is 0.219. The van der Waals surface area contributed by atoms with Gasteiger partial charge < -0.3 is 5.11 Å². The molecule has 4 heteroatoms. The molecule has 17 heavy (non-hydrogen) atoms. The molecule has 90 valence electrons. The molecule has 2 rings (SSSR count). The summed E-state index contributed by atoms with van der Waals surface area (Å²) >= 11 is 7.48. The summed E-state index contributed by atoms with van der Waals surface area (Å²) in [6.45, 7) is 4.12. The summed E-state index contributed by atoms with van der Waals surface area (Å²) < 4.78 is 2.08. The lowest BCUT2D eigenvalue weighted by atomic mass is 10.0. The molecule has 0 aliphatic carbocycles. The number of hydrogen-bond acceptors (Lipinski definition) is 2. The van der Waals surface area contributed by atoms with Crippen LogP contribution in [0, 0.1) is 17.4 Å². The Morgan fingerprint density at radius 1 is 1.24 bits per heavy atom. The van der Waals surface area contributed by atoms with Gasteiger partial charge in [0.15, 0.2) is 0 Å². The van der Waals surface area contributed by atoms with E-state index in [0.29, 0.717) is 0 Å². The molecule has 1 nitrogen and oxygen atoms in total. The molecular weight excluding hydrogens is 411 g/mol. The van der Waals surface area contributed by atoms with E-state index in [1.54, 1.807) is 11.3 Å². The zero-order chi connectivity index (χ0) is 12.6. The summed E-state index contributed by atoms with van der Waals surface area (Å²) in [6.07, 6.45) is -0.552. The fourth-order valence-electron chi connectivity index (χ4n) is 1.81. The average molecular weight is 423 g/mol. The van der Waals surface area contributed by atoms with E-state index in [1.165, 1.54) is 9.75 Å². The summed E-state index contributed by atoms with van der Waals surface area (Å²) in [5, 5.41) is 10.5. The summed E-state index contributed by atoms with van der Waals surface area (Å²) in [4.78, 5) is 2.42. The quantitative estimate of drug-likeness (QED) is 0.688. The molecule has 1 aromatic heterocycles. The van der Waals surface area contributed by atoms with E-state index in [4.69, 9.17) is 0 Å². The van der Waals surface area contributed by atoms with Gasteiger partial charge in [0.05, 0.1) is 0 Å². The normalized spacial score (nSPS) is 12.8. The van der Waals surface area contributed by atoms with Crippen molar-refractivity contribution in [3.8, 4) is 0 Å². The van der Waals surface area contributed by atoms with Crippen molar-refractivity contribution in [3.63, 3.8) is 0 Å². The van der Waals surface area contributed by atoms with E-state index < -0.39 is 6.10 Å². The second kappa shape index (κ2) is 5.38. The Kier molecular flexibility index (Phi) is 4.28. The molecule has 0 aliphatic heterocycles. The minimum absolute atomic E-state index is 0.552. The second-order valence-electron chi connectivity index (χ2n) is 3.94. The first-order valence-corrected chi connectivity index (χ1v) is 7.88. The van der Waals surface area contributed by atoms with Crippen LogP contribution < -0.4 is 0 Å². The van der Waals surface area contributed by atoms with Crippen molar-refractivity contribution in [2.24, 2.45) is 0 Å². The van der Waals surface area contributed by atoms with Crippen LogP contribution in [0.15, 0.2) is 28.7 Å². The first kappa shape index (κ1) is 13.5. The van der Waals surface area contributed by atoms with Gasteiger partial charge in [0.1, 0.15) is 6.10 Å². The van der Waals surface area contributed by atoms with Crippen LogP contribution in [-0.2, 0) is 0 Å². The first-order chi connectivity index (χ1) is 7.99. The van der Waals surface area contributed by atoms with Crippen molar-refractivity contribution in [2.45, 2.75) is 20.0 Å². The van der Waals surface area contributed by atoms with Gasteiger partial charge in [-0.25, -0.2) is 0 Å². The number of hydrogen-bond donors (Lipinski definition) is 1. The highest BCUT2D eigenvalue weighted by Gasteiger charge is 2.17. The Morgan fingerprint density at radius 3 is 2.53 bits per heavy atom. The van der Waals surface area contributed by atoms with Crippen LogP contribution in [0.3, 0.4) is 0 Å². The first-order valence-electron chi connectivity index (χ1n) is 5.19. The fraction of sp³-hybridized carbons (Fsp3) is 0.231. The molecule has 0 radical (unpaired) electrons. The van der Waals surface area contributed by atoms with Crippen LogP contribution in [0.25, 0.3) is 0 Å². The molecule has 0 saturated heterocycles. The Bertz CT molecular complexity index is 550. The van der Waals surface area contributed by atoms with Crippen molar-refractivity contribution in [1.29, 1.82) is 0 Å². The predicted octanol–water partition coefficient (Wildman–Crippen LogP) is 4.81. The number of thiophene rings is 1. The SMILES string of the molecule is Cc1cc(C(O)c2cc(I)ccc2Br)c(C)s1. The zero-order valence-corrected chi connectivity index (χ0v) is 14.1. The van der Waals surface area contributed by atoms with Gasteiger partial charge in [0.2, 0.25) is 0 Å². The molecule has 0 saturated carbocycles. The smallest absolute Gasteiger partial charge is 0.106 e. The molecule has 0 fully saturated rings. The Balaban J connectivity index is 2.46. The minimum atomic E-state index is -0.552. The van der Waals surface area contributed by atoms with Crippen molar-refractivity contribution in [2.75, 3.05) is 0 Å². The number of aliphatic hydroxyl groups excluding tert-OH is 1. The minimum Gasteiger partial charge on any atom is -0.384 e. The summed E-state index contributed by atoms with van der Waals surface area (Å²) in [5.41, 5.74) is 1.94. The molecular formula is C13H12BrIOS. The maximum Gasteiger partial charge on any atom is 0.106 e. The molecule has 1 aromatic carbocycles. The Labute approximate surface area is 127 Å². The third kappa shape index (κ3) is 2.92. The van der Waals surface area contributed by atoms with Gasteiger partial charge in [-0.05, 0) is 66.3 Å². The van der Waals surface area contributed by atoms with Crippen LogP contribution in [0.5, 0.6) is 0 Å². The van der Waals surface area contributed by atoms with Gasteiger partial charge in [-0.1, -0.05) is 15.9 Å². The van der Waals surface area contributed by atoms with E-state index >= 15 is 0 Å². The molecule has 0 amide bonds. The summed E-state index contributed by atoms with van der Waals surface area (Å²) in [5.74, 6) is 0. The van der Waals surface area contributed by atoms with Crippen LogP contribution in [0.4, 0.5) is 0 Å². The molecule has 2 aromatic rings. The Hall–Kier alpha value is 0.0900. The highest BCUT2D eigenvalue weighted by Crippen LogP contribution is 2.34. The van der Waals surface area contributed by atoms with Crippen LogP contribution in [-0.4, -0.2) is 5.11 Å². The maximum atomic E-state index is 10.5. The van der Waals surface area contributed by atoms with Crippen LogP contribution in [0.1, 0.15) is 27.0 Å². The fourth-order valence-corrected chi connectivity index (χ4v) is 3.75. The van der Waals surface area contributed by atoms with E-state index in [-0.39, 0.29) is 0 Å². The summed E-state index contributed by atoms with van der Waals surface area (Å²) in [7, 11) is 0. The number of halogens is 2. The number of rotatable bonds is 2. The molecule has 1 heterocycles. The molecule has 1 unspecified atom stereocenters. The molecule has 1 atom stereocenters. The van der Waals surface area contributed by atoms with Gasteiger partial charge in [-0.3, -0.25) is 0 Å². The van der Waals surface area contributed by atoms with E-state index in [0.717, 1.165) is 19.2 Å². The highest BCUT2D eigenvalue weighted by molar-refractivity contribution is 14.1. The van der Waals surface area contributed by atoms with Crippen LogP contribution >= 0.6 is 49.9 Å². The lowest BCUT2D eigenvalue weighted by Crippen LogP contribution is -2.01. The lowest BCUT2D eigenvalue weighted by Gasteiger charge is -2.13. The Morgan fingerprint density at radius 2 is 1.94 bits per heavy atom. The van der Waals surface area contributed by atoms with Gasteiger partial charge in [-0.2, -0.15) is 0 Å². The van der Waals surface area contributed by atoms with Gasteiger partial charge in [0.25, 0.3) is 0 Å². The molecule has 1 N–H and O–H groups in total. The van der Waals surface area contributed by atoms with E-state index in [2.05, 4.69) is 58.4 Å². The van der Waals surface area contributed by atoms with Crippen molar-refractivity contribution >= 4 is 49.9 Å². The number of benzene rings is 1. The largest absolute Gasteiger partial charge is 0.384 e.